The van der Waals surface area contributed by atoms with E-state index >= 15 is 0 Å². The lowest BCUT2D eigenvalue weighted by Crippen LogP contribution is -2.16. The number of thiophene rings is 1. The van der Waals surface area contributed by atoms with Gasteiger partial charge in [-0.3, -0.25) is 0 Å². The fourth-order valence-corrected chi connectivity index (χ4v) is 9.05. The van der Waals surface area contributed by atoms with Crippen LogP contribution in [0.5, 0.6) is 0 Å². The summed E-state index contributed by atoms with van der Waals surface area (Å²) in [6, 6.07) is 50.1. The van der Waals surface area contributed by atoms with Gasteiger partial charge in [0.25, 0.3) is 0 Å². The molecule has 10 rings (SSSR count). The number of benzene rings is 6. The second-order valence-corrected chi connectivity index (χ2v) is 14.0. The van der Waals surface area contributed by atoms with Gasteiger partial charge in [-0.15, -0.1) is 11.3 Å². The Labute approximate surface area is 276 Å². The van der Waals surface area contributed by atoms with E-state index < -0.39 is 0 Å². The quantitative estimate of drug-likeness (QED) is 0.197. The largest absolute Gasteiger partial charge is 0.309 e. The van der Waals surface area contributed by atoms with Gasteiger partial charge in [-0.25, -0.2) is 9.97 Å². The zero-order valence-electron chi connectivity index (χ0n) is 26.0. The van der Waals surface area contributed by atoms with Gasteiger partial charge in [0.1, 0.15) is 0 Å². The van der Waals surface area contributed by atoms with Gasteiger partial charge in [-0.2, -0.15) is 0 Å². The number of hydrogen-bond acceptors (Lipinski definition) is 3. The van der Waals surface area contributed by atoms with Crippen LogP contribution in [-0.2, 0) is 5.41 Å². The van der Waals surface area contributed by atoms with Gasteiger partial charge < -0.3 is 4.57 Å². The summed E-state index contributed by atoms with van der Waals surface area (Å²) in [5, 5.41) is 3.73. The Balaban J connectivity index is 1.27. The van der Waals surface area contributed by atoms with Gasteiger partial charge in [0.05, 0.1) is 26.9 Å². The highest BCUT2D eigenvalue weighted by molar-refractivity contribution is 7.26. The summed E-state index contributed by atoms with van der Waals surface area (Å²) in [4.78, 5) is 10.4. The number of aromatic nitrogens is 3. The van der Waals surface area contributed by atoms with E-state index in [0.29, 0.717) is 0 Å². The van der Waals surface area contributed by atoms with Crippen molar-refractivity contribution < 1.29 is 0 Å². The predicted molar refractivity (Wildman–Crippen MR) is 198 cm³/mol. The van der Waals surface area contributed by atoms with Crippen LogP contribution in [0.3, 0.4) is 0 Å². The van der Waals surface area contributed by atoms with Crippen molar-refractivity contribution in [3.63, 3.8) is 0 Å². The number of rotatable bonds is 3. The molecule has 1 aliphatic rings. The van der Waals surface area contributed by atoms with Crippen LogP contribution in [-0.4, -0.2) is 14.5 Å². The number of nitrogens with zero attached hydrogens (tertiary/aromatic N) is 3. The standard InChI is InChI=1S/C43H29N3S/c1-43(2)34-19-11-9-17-29(34)31-23-24-32-30-18-10-12-20-35(30)46(40(32)37(31)43)28-21-22-33-36(25-28)47-41-38(26-13-5-3-6-14-26)44-42(45-39(33)41)27-15-7-4-8-16-27/h3-25H,1-2H3. The lowest BCUT2D eigenvalue weighted by Gasteiger charge is -2.23. The molecule has 0 radical (unpaired) electrons. The van der Waals surface area contributed by atoms with Gasteiger partial charge in [0, 0.05) is 43.1 Å². The van der Waals surface area contributed by atoms with E-state index in [0.717, 1.165) is 43.9 Å². The molecule has 4 heteroatoms. The normalized spacial score (nSPS) is 13.5. The molecular formula is C43H29N3S. The highest BCUT2D eigenvalue weighted by atomic mass is 32.1. The minimum Gasteiger partial charge on any atom is -0.309 e. The van der Waals surface area contributed by atoms with Crippen LogP contribution >= 0.6 is 11.3 Å². The molecule has 9 aromatic rings. The zero-order valence-corrected chi connectivity index (χ0v) is 26.8. The first-order chi connectivity index (χ1) is 23.1. The second kappa shape index (κ2) is 9.71. The molecule has 3 aromatic heterocycles. The zero-order chi connectivity index (χ0) is 31.3. The third-order valence-corrected chi connectivity index (χ3v) is 11.1. The highest BCUT2D eigenvalue weighted by Crippen LogP contribution is 2.53. The molecule has 0 bridgehead atoms. The average Bonchev–Trinajstić information content (AvgIpc) is 3.74. The Morgan fingerprint density at radius 3 is 2.13 bits per heavy atom. The first-order valence-corrected chi connectivity index (χ1v) is 16.9. The minimum atomic E-state index is -0.132. The molecule has 0 aliphatic heterocycles. The maximum atomic E-state index is 5.19. The molecule has 0 amide bonds. The van der Waals surface area contributed by atoms with Crippen molar-refractivity contribution >= 4 is 53.4 Å². The van der Waals surface area contributed by atoms with Crippen molar-refractivity contribution in [3.8, 4) is 39.5 Å². The number of hydrogen-bond donors (Lipinski definition) is 0. The van der Waals surface area contributed by atoms with Crippen LogP contribution in [0.4, 0.5) is 0 Å². The van der Waals surface area contributed by atoms with Crippen molar-refractivity contribution in [1.82, 2.24) is 14.5 Å². The monoisotopic (exact) mass is 619 g/mol. The highest BCUT2D eigenvalue weighted by Gasteiger charge is 2.38. The molecular weight excluding hydrogens is 591 g/mol. The topological polar surface area (TPSA) is 30.7 Å². The smallest absolute Gasteiger partial charge is 0.160 e. The van der Waals surface area contributed by atoms with E-state index in [4.69, 9.17) is 9.97 Å². The Morgan fingerprint density at radius 1 is 0.596 bits per heavy atom. The third kappa shape index (κ3) is 3.73. The maximum Gasteiger partial charge on any atom is 0.160 e. The summed E-state index contributed by atoms with van der Waals surface area (Å²) in [6.07, 6.45) is 0. The van der Waals surface area contributed by atoms with E-state index in [-0.39, 0.29) is 5.41 Å². The minimum absolute atomic E-state index is 0.132. The van der Waals surface area contributed by atoms with Crippen LogP contribution in [0.1, 0.15) is 25.0 Å². The fourth-order valence-electron chi connectivity index (χ4n) is 7.86. The Bertz CT molecular complexity index is 2700. The van der Waals surface area contributed by atoms with Gasteiger partial charge in [-0.05, 0) is 46.5 Å². The lowest BCUT2D eigenvalue weighted by atomic mass is 9.81. The summed E-state index contributed by atoms with van der Waals surface area (Å²) in [5.41, 5.74) is 13.1. The van der Waals surface area contributed by atoms with E-state index in [1.54, 1.807) is 11.3 Å². The third-order valence-electron chi connectivity index (χ3n) is 9.99. The van der Waals surface area contributed by atoms with Crippen LogP contribution < -0.4 is 0 Å². The molecule has 222 valence electrons. The van der Waals surface area contributed by atoms with Crippen molar-refractivity contribution in [2.75, 3.05) is 0 Å². The van der Waals surface area contributed by atoms with Crippen LogP contribution in [0.25, 0.3) is 81.6 Å². The molecule has 3 heterocycles. The first-order valence-electron chi connectivity index (χ1n) is 16.1. The summed E-state index contributed by atoms with van der Waals surface area (Å²) in [5.74, 6) is 0.750. The Morgan fingerprint density at radius 2 is 1.30 bits per heavy atom. The SMILES string of the molecule is CC1(C)c2ccccc2-c2ccc3c4ccccc4n(-c4ccc5c(c4)sc4c(-c6ccccc6)nc(-c6ccccc6)nc45)c3c21. The molecule has 0 saturated carbocycles. The first kappa shape index (κ1) is 26.6. The number of fused-ring (bicyclic) bond motifs is 10. The van der Waals surface area contributed by atoms with Crippen LogP contribution in [0.2, 0.25) is 0 Å². The molecule has 6 aromatic carbocycles. The van der Waals surface area contributed by atoms with E-state index in [1.165, 1.54) is 48.8 Å². The molecule has 0 atom stereocenters. The predicted octanol–water partition coefficient (Wildman–Crippen LogP) is 11.6. The van der Waals surface area contributed by atoms with E-state index in [1.807, 2.05) is 18.2 Å². The summed E-state index contributed by atoms with van der Waals surface area (Å²) in [7, 11) is 0. The number of para-hydroxylation sites is 1. The van der Waals surface area contributed by atoms with Gasteiger partial charge >= 0.3 is 0 Å². The summed E-state index contributed by atoms with van der Waals surface area (Å²) >= 11 is 1.79. The van der Waals surface area contributed by atoms with Crippen LogP contribution in [0.15, 0.2) is 140 Å². The average molecular weight is 620 g/mol. The Kier molecular flexibility index (Phi) is 5.50. The molecule has 0 saturated heterocycles. The second-order valence-electron chi connectivity index (χ2n) is 13.0. The van der Waals surface area contributed by atoms with E-state index in [2.05, 4.69) is 140 Å². The molecule has 1 aliphatic carbocycles. The van der Waals surface area contributed by atoms with Crippen molar-refractivity contribution in [2.45, 2.75) is 19.3 Å². The molecule has 0 unspecified atom stereocenters. The molecule has 0 fully saturated rings. The lowest BCUT2D eigenvalue weighted by molar-refractivity contribution is 0.664. The van der Waals surface area contributed by atoms with Gasteiger partial charge in [0.2, 0.25) is 0 Å². The van der Waals surface area contributed by atoms with Crippen molar-refractivity contribution in [1.29, 1.82) is 0 Å². The van der Waals surface area contributed by atoms with Crippen LogP contribution in [0, 0.1) is 0 Å². The molecule has 0 spiro atoms. The van der Waals surface area contributed by atoms with Gasteiger partial charge in [0.15, 0.2) is 5.82 Å². The summed E-state index contributed by atoms with van der Waals surface area (Å²) < 4.78 is 4.82. The fraction of sp³-hybridized carbons (Fsp3) is 0.0698. The molecule has 3 nitrogen and oxygen atoms in total. The van der Waals surface area contributed by atoms with Crippen molar-refractivity contribution in [2.24, 2.45) is 0 Å². The molecule has 47 heavy (non-hydrogen) atoms. The van der Waals surface area contributed by atoms with Crippen molar-refractivity contribution in [3.05, 3.63) is 151 Å². The maximum absolute atomic E-state index is 5.19. The van der Waals surface area contributed by atoms with Gasteiger partial charge in [-0.1, -0.05) is 129 Å². The Hall–Kier alpha value is -5.58. The summed E-state index contributed by atoms with van der Waals surface area (Å²) in [6.45, 7) is 4.75. The molecule has 0 N–H and O–H groups in total. The van der Waals surface area contributed by atoms with E-state index in [9.17, 15) is 0 Å².